The molecule has 2 aromatic carbocycles. The molecule has 2 heteroatoms. The van der Waals surface area contributed by atoms with Gasteiger partial charge in [-0.1, -0.05) is 59.7 Å². The van der Waals surface area contributed by atoms with Crippen LogP contribution >= 0.6 is 0 Å². The average molecular weight is 341 g/mol. The highest BCUT2D eigenvalue weighted by Gasteiger charge is 2.20. The van der Waals surface area contributed by atoms with Gasteiger partial charge in [0.15, 0.2) is 0 Å². The van der Waals surface area contributed by atoms with Crippen LogP contribution in [-0.2, 0) is 17.3 Å². The smallest absolute Gasteiger partial charge is 0.119 e. The minimum Gasteiger partial charge on any atom is -0.497 e. The number of ether oxygens (including phenoxy) is 2. The molecule has 0 saturated heterocycles. The summed E-state index contributed by atoms with van der Waals surface area (Å²) in [4.78, 5) is 0. The predicted molar refractivity (Wildman–Crippen MR) is 106 cm³/mol. The third kappa shape index (κ3) is 5.52. The lowest BCUT2D eigenvalue weighted by molar-refractivity contribution is 0.320. The summed E-state index contributed by atoms with van der Waals surface area (Å²) in [5.74, 6) is 1.85. The van der Waals surface area contributed by atoms with Gasteiger partial charge in [-0.3, -0.25) is 0 Å². The van der Waals surface area contributed by atoms with Crippen LogP contribution in [-0.4, -0.2) is 13.7 Å². The summed E-state index contributed by atoms with van der Waals surface area (Å²) in [5.41, 5.74) is 4.10. The van der Waals surface area contributed by atoms with E-state index in [-0.39, 0.29) is 10.8 Å². The minimum atomic E-state index is 0.107. The zero-order chi connectivity index (χ0) is 18.7. The molecule has 0 radical (unpaired) electrons. The molecule has 0 aliphatic carbocycles. The molecule has 0 fully saturated rings. The molecule has 25 heavy (non-hydrogen) atoms. The van der Waals surface area contributed by atoms with E-state index in [4.69, 9.17) is 9.47 Å². The molecule has 0 aromatic heterocycles. The van der Waals surface area contributed by atoms with Gasteiger partial charge in [0.1, 0.15) is 11.5 Å². The van der Waals surface area contributed by atoms with Crippen LogP contribution < -0.4 is 9.47 Å². The van der Waals surface area contributed by atoms with Crippen molar-refractivity contribution in [2.75, 3.05) is 13.7 Å². The van der Waals surface area contributed by atoms with E-state index in [2.05, 4.69) is 71.9 Å². The van der Waals surface area contributed by atoms with E-state index in [9.17, 15) is 0 Å². The molecule has 0 atom stereocenters. The lowest BCUT2D eigenvalue weighted by Gasteiger charge is -2.26. The summed E-state index contributed by atoms with van der Waals surface area (Å²) in [6.45, 7) is 14.1. The van der Waals surface area contributed by atoms with Crippen molar-refractivity contribution in [1.82, 2.24) is 0 Å². The Labute approximate surface area is 153 Å². The molecular formula is C23H32O2. The molecule has 0 amide bonds. The molecule has 2 nitrogen and oxygen atoms in total. The summed E-state index contributed by atoms with van der Waals surface area (Å²) < 4.78 is 11.3. The van der Waals surface area contributed by atoms with Crippen LogP contribution in [0.25, 0.3) is 0 Å². The van der Waals surface area contributed by atoms with E-state index in [0.29, 0.717) is 6.61 Å². The third-order valence-corrected chi connectivity index (χ3v) is 4.46. The average Bonchev–Trinajstić information content (AvgIpc) is 2.53. The standard InChI is InChI=1S/C23H32O2/c1-22(2,3)18-14-19(23(4,5)6)16-21(15-18)25-13-12-17-8-10-20(24-7)11-9-17/h8-11,14-16H,12-13H2,1-7H3. The molecule has 0 heterocycles. The van der Waals surface area contributed by atoms with Crippen molar-refractivity contribution in [2.45, 2.75) is 58.8 Å². The number of rotatable bonds is 5. The van der Waals surface area contributed by atoms with E-state index >= 15 is 0 Å². The van der Waals surface area contributed by atoms with Crippen molar-refractivity contribution < 1.29 is 9.47 Å². The Bertz CT molecular complexity index is 653. The van der Waals surface area contributed by atoms with Crippen LogP contribution in [0.15, 0.2) is 42.5 Å². The van der Waals surface area contributed by atoms with Crippen molar-refractivity contribution >= 4 is 0 Å². The summed E-state index contributed by atoms with van der Waals surface area (Å²) in [6.07, 6.45) is 0.884. The molecule has 0 aliphatic rings. The normalized spacial score (nSPS) is 12.1. The number of methoxy groups -OCH3 is 1. The van der Waals surface area contributed by atoms with Gasteiger partial charge in [0.2, 0.25) is 0 Å². The molecule has 0 N–H and O–H groups in total. The molecule has 0 spiro atoms. The van der Waals surface area contributed by atoms with Gasteiger partial charge in [-0.15, -0.1) is 0 Å². The Morgan fingerprint density at radius 1 is 0.720 bits per heavy atom. The maximum absolute atomic E-state index is 6.11. The van der Waals surface area contributed by atoms with Gasteiger partial charge in [-0.05, 0) is 51.8 Å². The fourth-order valence-corrected chi connectivity index (χ4v) is 2.63. The fourth-order valence-electron chi connectivity index (χ4n) is 2.63. The molecule has 2 rings (SSSR count). The minimum absolute atomic E-state index is 0.107. The highest BCUT2D eigenvalue weighted by atomic mass is 16.5. The van der Waals surface area contributed by atoms with Gasteiger partial charge < -0.3 is 9.47 Å². The zero-order valence-corrected chi connectivity index (χ0v) is 16.8. The summed E-state index contributed by atoms with van der Waals surface area (Å²) in [7, 11) is 1.69. The first-order valence-electron chi connectivity index (χ1n) is 9.01. The van der Waals surface area contributed by atoms with Crippen LogP contribution in [0.3, 0.4) is 0 Å². The van der Waals surface area contributed by atoms with E-state index in [1.54, 1.807) is 7.11 Å². The largest absolute Gasteiger partial charge is 0.497 e. The Hall–Kier alpha value is -1.96. The monoisotopic (exact) mass is 340 g/mol. The quantitative estimate of drug-likeness (QED) is 0.673. The van der Waals surface area contributed by atoms with Gasteiger partial charge in [0.25, 0.3) is 0 Å². The third-order valence-electron chi connectivity index (χ3n) is 4.46. The van der Waals surface area contributed by atoms with E-state index in [1.807, 2.05) is 12.1 Å². The first kappa shape index (κ1) is 19.4. The second kappa shape index (κ2) is 7.51. The number of hydrogen-bond donors (Lipinski definition) is 0. The lowest BCUT2D eigenvalue weighted by atomic mass is 9.80. The van der Waals surface area contributed by atoms with Gasteiger partial charge in [-0.2, -0.15) is 0 Å². The Kier molecular flexibility index (Phi) is 5.82. The second-order valence-corrected chi connectivity index (χ2v) is 8.69. The SMILES string of the molecule is COc1ccc(CCOc2cc(C(C)(C)C)cc(C(C)(C)C)c2)cc1. The van der Waals surface area contributed by atoms with Crippen LogP contribution in [0, 0.1) is 0 Å². The fraction of sp³-hybridized carbons (Fsp3) is 0.478. The Balaban J connectivity index is 2.12. The Morgan fingerprint density at radius 2 is 1.24 bits per heavy atom. The first-order chi connectivity index (χ1) is 11.6. The lowest BCUT2D eigenvalue weighted by Crippen LogP contribution is -2.17. The molecule has 2 aromatic rings. The van der Waals surface area contributed by atoms with Crippen LogP contribution in [0.5, 0.6) is 11.5 Å². The van der Waals surface area contributed by atoms with E-state index in [0.717, 1.165) is 17.9 Å². The number of benzene rings is 2. The molecular weight excluding hydrogens is 308 g/mol. The maximum Gasteiger partial charge on any atom is 0.119 e. The van der Waals surface area contributed by atoms with E-state index in [1.165, 1.54) is 16.7 Å². The van der Waals surface area contributed by atoms with Gasteiger partial charge >= 0.3 is 0 Å². The van der Waals surface area contributed by atoms with Gasteiger partial charge in [-0.25, -0.2) is 0 Å². The molecule has 0 bridgehead atoms. The summed E-state index contributed by atoms with van der Waals surface area (Å²) in [5, 5.41) is 0. The van der Waals surface area contributed by atoms with Crippen LogP contribution in [0.1, 0.15) is 58.2 Å². The van der Waals surface area contributed by atoms with Crippen LogP contribution in [0.2, 0.25) is 0 Å². The van der Waals surface area contributed by atoms with Gasteiger partial charge in [0.05, 0.1) is 13.7 Å². The molecule has 0 aliphatic heterocycles. The summed E-state index contributed by atoms with van der Waals surface area (Å²) >= 11 is 0. The predicted octanol–water partition coefficient (Wildman–Crippen LogP) is 5.91. The van der Waals surface area contributed by atoms with Crippen molar-refractivity contribution in [3.8, 4) is 11.5 Å². The van der Waals surface area contributed by atoms with Gasteiger partial charge in [0, 0.05) is 6.42 Å². The first-order valence-corrected chi connectivity index (χ1v) is 9.01. The highest BCUT2D eigenvalue weighted by Crippen LogP contribution is 2.33. The maximum atomic E-state index is 6.11. The highest BCUT2D eigenvalue weighted by molar-refractivity contribution is 5.40. The molecule has 0 saturated carbocycles. The van der Waals surface area contributed by atoms with Crippen molar-refractivity contribution in [2.24, 2.45) is 0 Å². The second-order valence-electron chi connectivity index (χ2n) is 8.69. The van der Waals surface area contributed by atoms with Crippen molar-refractivity contribution in [3.05, 3.63) is 59.2 Å². The number of hydrogen-bond acceptors (Lipinski definition) is 2. The summed E-state index contributed by atoms with van der Waals surface area (Å²) in [6, 6.07) is 14.9. The Morgan fingerprint density at radius 3 is 1.68 bits per heavy atom. The molecule has 0 unspecified atom stereocenters. The topological polar surface area (TPSA) is 18.5 Å². The van der Waals surface area contributed by atoms with E-state index < -0.39 is 0 Å². The van der Waals surface area contributed by atoms with Crippen molar-refractivity contribution in [3.63, 3.8) is 0 Å². The van der Waals surface area contributed by atoms with Crippen molar-refractivity contribution in [1.29, 1.82) is 0 Å². The molecule has 136 valence electrons. The zero-order valence-electron chi connectivity index (χ0n) is 16.8. The van der Waals surface area contributed by atoms with Crippen LogP contribution in [0.4, 0.5) is 0 Å².